The van der Waals surface area contributed by atoms with Crippen LogP contribution < -0.4 is 4.90 Å². The molecule has 1 saturated carbocycles. The van der Waals surface area contributed by atoms with Crippen LogP contribution in [0.25, 0.3) is 0 Å². The van der Waals surface area contributed by atoms with Crippen molar-refractivity contribution in [3.8, 4) is 6.07 Å². The Bertz CT molecular complexity index is 592. The summed E-state index contributed by atoms with van der Waals surface area (Å²) in [4.78, 5) is 15.0. The van der Waals surface area contributed by atoms with E-state index in [4.69, 9.17) is 0 Å². The molecule has 0 aromatic heterocycles. The fourth-order valence-corrected chi connectivity index (χ4v) is 3.45. The lowest BCUT2D eigenvalue weighted by Gasteiger charge is -2.34. The van der Waals surface area contributed by atoms with Gasteiger partial charge in [-0.05, 0) is 69.6 Å². The first-order valence-corrected chi connectivity index (χ1v) is 8.84. The van der Waals surface area contributed by atoms with Crippen LogP contribution in [-0.2, 0) is 11.2 Å². The molecule has 1 aliphatic carbocycles. The van der Waals surface area contributed by atoms with Gasteiger partial charge in [-0.15, -0.1) is 0 Å². The number of carbonyl (C=O) groups excluding carboxylic acids is 1. The molecule has 0 heterocycles. The number of anilines is 1. The zero-order chi connectivity index (χ0) is 17.0. The largest absolute Gasteiger partial charge is 0.308 e. The maximum absolute atomic E-state index is 13.1. The van der Waals surface area contributed by atoms with Gasteiger partial charge < -0.3 is 4.90 Å². The van der Waals surface area contributed by atoms with Gasteiger partial charge in [0.1, 0.15) is 6.07 Å². The third-order valence-electron chi connectivity index (χ3n) is 4.97. The van der Waals surface area contributed by atoms with Crippen LogP contribution in [0.1, 0.15) is 64.5 Å². The van der Waals surface area contributed by atoms with Crippen molar-refractivity contribution in [2.75, 3.05) is 4.90 Å². The average Bonchev–Trinajstić information content (AvgIpc) is 2.55. The summed E-state index contributed by atoms with van der Waals surface area (Å²) in [6.45, 7) is 8.42. The smallest absolute Gasteiger partial charge is 0.230 e. The molecule has 0 unspecified atom stereocenters. The monoisotopic (exact) mass is 312 g/mol. The van der Waals surface area contributed by atoms with Crippen LogP contribution in [-0.4, -0.2) is 11.9 Å². The zero-order valence-electron chi connectivity index (χ0n) is 14.8. The van der Waals surface area contributed by atoms with Gasteiger partial charge in [0, 0.05) is 12.0 Å². The highest BCUT2D eigenvalue weighted by Crippen LogP contribution is 2.33. The number of rotatable bonds is 4. The lowest BCUT2D eigenvalue weighted by molar-refractivity contribution is -0.123. The van der Waals surface area contributed by atoms with Gasteiger partial charge in [-0.1, -0.05) is 19.9 Å². The molecule has 3 heteroatoms. The van der Waals surface area contributed by atoms with Crippen LogP contribution >= 0.6 is 0 Å². The maximum Gasteiger partial charge on any atom is 0.230 e. The highest BCUT2D eigenvalue weighted by atomic mass is 16.2. The molecule has 2 rings (SSSR count). The quantitative estimate of drug-likeness (QED) is 0.809. The second kappa shape index (κ2) is 7.64. The Balaban J connectivity index is 2.35. The Morgan fingerprint density at radius 1 is 1.30 bits per heavy atom. The second-order valence-electron chi connectivity index (χ2n) is 7.08. The highest BCUT2D eigenvalue weighted by molar-refractivity contribution is 5.97. The number of hydrogen-bond donors (Lipinski definition) is 0. The average molecular weight is 312 g/mol. The fraction of sp³-hybridized carbons (Fsp3) is 0.600. The summed E-state index contributed by atoms with van der Waals surface area (Å²) in [6, 6.07) is 8.15. The van der Waals surface area contributed by atoms with E-state index in [0.29, 0.717) is 5.56 Å². The third kappa shape index (κ3) is 3.93. The predicted octanol–water partition coefficient (Wildman–Crippen LogP) is 4.69. The van der Waals surface area contributed by atoms with E-state index in [9.17, 15) is 10.1 Å². The number of hydrogen-bond acceptors (Lipinski definition) is 2. The minimum absolute atomic E-state index is 0.0565. The summed E-state index contributed by atoms with van der Waals surface area (Å²) in [7, 11) is 0. The van der Waals surface area contributed by atoms with Gasteiger partial charge in [-0.3, -0.25) is 4.79 Å². The van der Waals surface area contributed by atoms with Gasteiger partial charge in [0.2, 0.25) is 5.91 Å². The van der Waals surface area contributed by atoms with Crippen molar-refractivity contribution in [1.29, 1.82) is 5.26 Å². The topological polar surface area (TPSA) is 44.1 Å². The van der Waals surface area contributed by atoms with Crippen molar-refractivity contribution in [1.82, 2.24) is 0 Å². The molecule has 0 radical (unpaired) electrons. The van der Waals surface area contributed by atoms with E-state index in [2.05, 4.69) is 19.9 Å². The molecule has 1 amide bonds. The van der Waals surface area contributed by atoms with E-state index in [1.54, 1.807) is 0 Å². The summed E-state index contributed by atoms with van der Waals surface area (Å²) in [5, 5.41) is 9.45. The van der Waals surface area contributed by atoms with E-state index in [0.717, 1.165) is 49.3 Å². The molecule has 23 heavy (non-hydrogen) atoms. The predicted molar refractivity (Wildman–Crippen MR) is 94.3 cm³/mol. The summed E-state index contributed by atoms with van der Waals surface area (Å²) in [5.41, 5.74) is 2.54. The van der Waals surface area contributed by atoms with Crippen LogP contribution in [0.5, 0.6) is 0 Å². The lowest BCUT2D eigenvalue weighted by atomic mass is 9.82. The molecule has 1 aliphatic rings. The normalized spacial score (nSPS) is 21.0. The first-order valence-electron chi connectivity index (χ1n) is 8.84. The molecule has 124 valence electrons. The molecule has 0 bridgehead atoms. The van der Waals surface area contributed by atoms with E-state index in [-0.39, 0.29) is 17.9 Å². The van der Waals surface area contributed by atoms with Crippen molar-refractivity contribution >= 4 is 11.6 Å². The molecule has 1 fully saturated rings. The fourth-order valence-electron chi connectivity index (χ4n) is 3.45. The molecule has 0 spiro atoms. The SMILES string of the molecule is CCc1ccc(C#N)c(N(C(=O)C2CCC(C)CC2)C(C)C)c1. The second-order valence-corrected chi connectivity index (χ2v) is 7.08. The Kier molecular flexibility index (Phi) is 5.82. The summed E-state index contributed by atoms with van der Waals surface area (Å²) < 4.78 is 0. The number of nitriles is 1. The van der Waals surface area contributed by atoms with Crippen molar-refractivity contribution < 1.29 is 4.79 Å². The van der Waals surface area contributed by atoms with E-state index >= 15 is 0 Å². The van der Waals surface area contributed by atoms with Crippen molar-refractivity contribution in [3.63, 3.8) is 0 Å². The molecule has 3 nitrogen and oxygen atoms in total. The zero-order valence-corrected chi connectivity index (χ0v) is 14.8. The van der Waals surface area contributed by atoms with Gasteiger partial charge in [-0.25, -0.2) is 0 Å². The molecular weight excluding hydrogens is 284 g/mol. The first kappa shape index (κ1) is 17.5. The lowest BCUT2D eigenvalue weighted by Crippen LogP contribution is -2.42. The van der Waals surface area contributed by atoms with Crippen LogP contribution in [0.4, 0.5) is 5.69 Å². The van der Waals surface area contributed by atoms with Gasteiger partial charge in [0.25, 0.3) is 0 Å². The van der Waals surface area contributed by atoms with Gasteiger partial charge >= 0.3 is 0 Å². The molecule has 0 saturated heterocycles. The minimum atomic E-state index is 0.0565. The standard InChI is InChI=1S/C20H28N2O/c1-5-16-8-11-18(13-21)19(12-16)22(14(2)3)20(23)17-9-6-15(4)7-10-17/h8,11-12,14-15,17H,5-7,9-10H2,1-4H3. The van der Waals surface area contributed by atoms with Gasteiger partial charge in [-0.2, -0.15) is 5.26 Å². The minimum Gasteiger partial charge on any atom is -0.308 e. The van der Waals surface area contributed by atoms with Crippen molar-refractivity contribution in [2.24, 2.45) is 11.8 Å². The number of amides is 1. The van der Waals surface area contributed by atoms with Crippen LogP contribution in [0, 0.1) is 23.2 Å². The Morgan fingerprint density at radius 3 is 2.48 bits per heavy atom. The van der Waals surface area contributed by atoms with Gasteiger partial charge in [0.05, 0.1) is 11.3 Å². The number of aryl methyl sites for hydroxylation is 1. The van der Waals surface area contributed by atoms with Crippen LogP contribution in [0.15, 0.2) is 18.2 Å². The van der Waals surface area contributed by atoms with Crippen molar-refractivity contribution in [2.45, 2.75) is 65.8 Å². The Morgan fingerprint density at radius 2 is 1.96 bits per heavy atom. The Labute approximate surface area is 140 Å². The maximum atomic E-state index is 13.1. The molecule has 0 aliphatic heterocycles. The molecule has 1 aromatic carbocycles. The summed E-state index contributed by atoms with van der Waals surface area (Å²) in [6.07, 6.45) is 5.10. The molecular formula is C20H28N2O. The summed E-state index contributed by atoms with van der Waals surface area (Å²) in [5.74, 6) is 1.02. The number of benzene rings is 1. The van der Waals surface area contributed by atoms with Crippen LogP contribution in [0.3, 0.4) is 0 Å². The van der Waals surface area contributed by atoms with E-state index in [1.165, 1.54) is 0 Å². The number of carbonyl (C=O) groups is 1. The van der Waals surface area contributed by atoms with Crippen LogP contribution in [0.2, 0.25) is 0 Å². The van der Waals surface area contributed by atoms with E-state index in [1.807, 2.05) is 36.9 Å². The number of nitrogens with zero attached hydrogens (tertiary/aromatic N) is 2. The first-order chi connectivity index (χ1) is 11.0. The Hall–Kier alpha value is -1.82. The summed E-state index contributed by atoms with van der Waals surface area (Å²) >= 11 is 0. The van der Waals surface area contributed by atoms with Gasteiger partial charge in [0.15, 0.2) is 0 Å². The third-order valence-corrected chi connectivity index (χ3v) is 4.97. The van der Waals surface area contributed by atoms with Crippen molar-refractivity contribution in [3.05, 3.63) is 29.3 Å². The molecule has 0 atom stereocenters. The molecule has 1 aromatic rings. The highest BCUT2D eigenvalue weighted by Gasteiger charge is 2.31. The molecule has 0 N–H and O–H groups in total. The van der Waals surface area contributed by atoms with E-state index < -0.39 is 0 Å².